The topological polar surface area (TPSA) is 74.6 Å². The maximum Gasteiger partial charge on any atom is 0.328 e. The van der Waals surface area contributed by atoms with Gasteiger partial charge in [-0.2, -0.15) is 0 Å². The van der Waals surface area contributed by atoms with Crippen LogP contribution in [0.1, 0.15) is 0 Å². The largest absolute Gasteiger partial charge is 0.480 e. The standard InChI is InChI=1S/C4H4O4S3/c5-2(6)1(3(7)8)11-4(9)10/h1H,(H,5,6)(H,7,8)(H,9,10). The van der Waals surface area contributed by atoms with Crippen LogP contribution in [0.25, 0.3) is 0 Å². The van der Waals surface area contributed by atoms with E-state index in [-0.39, 0.29) is 3.53 Å². The van der Waals surface area contributed by atoms with Crippen LogP contribution in [0.5, 0.6) is 0 Å². The Morgan fingerprint density at radius 1 is 1.36 bits per heavy atom. The summed E-state index contributed by atoms with van der Waals surface area (Å²) in [7, 11) is 0. The molecule has 2 N–H and O–H groups in total. The van der Waals surface area contributed by atoms with Gasteiger partial charge < -0.3 is 10.2 Å². The summed E-state index contributed by atoms with van der Waals surface area (Å²) in [6.45, 7) is 0. The van der Waals surface area contributed by atoms with Crippen LogP contribution in [0.4, 0.5) is 0 Å². The summed E-state index contributed by atoms with van der Waals surface area (Å²) in [6.07, 6.45) is 0. The fourth-order valence-electron chi connectivity index (χ4n) is 0.307. The summed E-state index contributed by atoms with van der Waals surface area (Å²) in [5.74, 6) is -2.86. The highest BCUT2D eigenvalue weighted by Crippen LogP contribution is 2.16. The van der Waals surface area contributed by atoms with E-state index in [0.717, 1.165) is 0 Å². The van der Waals surface area contributed by atoms with E-state index in [1.54, 1.807) is 0 Å². The second kappa shape index (κ2) is 4.58. The highest BCUT2D eigenvalue weighted by molar-refractivity contribution is 8.42. The van der Waals surface area contributed by atoms with Crippen LogP contribution in [-0.2, 0) is 9.59 Å². The van der Waals surface area contributed by atoms with E-state index in [0.29, 0.717) is 11.8 Å². The minimum atomic E-state index is -1.56. The molecule has 0 spiro atoms. The molecule has 0 saturated carbocycles. The van der Waals surface area contributed by atoms with Crippen molar-refractivity contribution in [2.24, 2.45) is 0 Å². The molecule has 0 fully saturated rings. The molecule has 0 amide bonds. The molecule has 11 heavy (non-hydrogen) atoms. The Hall–Kier alpha value is -0.270. The molecule has 62 valence electrons. The molecule has 0 aliphatic carbocycles. The molecule has 0 saturated heterocycles. The van der Waals surface area contributed by atoms with Crippen molar-refractivity contribution in [3.63, 3.8) is 0 Å². The van der Waals surface area contributed by atoms with Gasteiger partial charge in [-0.15, -0.1) is 12.6 Å². The number of hydrogen-bond donors (Lipinski definition) is 3. The smallest absolute Gasteiger partial charge is 0.328 e. The number of rotatable bonds is 3. The first kappa shape index (κ1) is 10.7. The lowest BCUT2D eigenvalue weighted by Crippen LogP contribution is -2.26. The van der Waals surface area contributed by atoms with Crippen molar-refractivity contribution in [1.29, 1.82) is 0 Å². The molecule has 0 rings (SSSR count). The number of aliphatic carboxylic acids is 2. The summed E-state index contributed by atoms with van der Waals surface area (Å²) < 4.78 is -0.000185. The molecule has 0 aromatic heterocycles. The first-order valence-electron chi connectivity index (χ1n) is 2.30. The predicted molar refractivity (Wildman–Crippen MR) is 48.2 cm³/mol. The third kappa shape index (κ3) is 4.23. The Balaban J connectivity index is 4.23. The molecule has 0 aliphatic rings. The third-order valence-electron chi connectivity index (χ3n) is 0.667. The van der Waals surface area contributed by atoms with E-state index in [4.69, 9.17) is 10.2 Å². The Kier molecular flexibility index (Phi) is 4.46. The molecule has 0 unspecified atom stereocenters. The molecule has 0 heterocycles. The van der Waals surface area contributed by atoms with Gasteiger partial charge in [0.25, 0.3) is 0 Å². The van der Waals surface area contributed by atoms with Crippen molar-refractivity contribution in [3.8, 4) is 0 Å². The molecular formula is C4H4O4S3. The normalized spacial score (nSPS) is 9.64. The number of carboxylic acids is 2. The average Bonchev–Trinajstić information content (AvgIpc) is 1.81. The highest BCUT2D eigenvalue weighted by atomic mass is 32.2. The number of hydrogen-bond acceptors (Lipinski definition) is 4. The monoisotopic (exact) mass is 212 g/mol. The van der Waals surface area contributed by atoms with Crippen molar-refractivity contribution in [3.05, 3.63) is 0 Å². The molecule has 0 aliphatic heterocycles. The van der Waals surface area contributed by atoms with Crippen molar-refractivity contribution in [2.75, 3.05) is 0 Å². The summed E-state index contributed by atoms with van der Waals surface area (Å²) >= 11 is 8.52. The van der Waals surface area contributed by atoms with Gasteiger partial charge in [0.05, 0.1) is 0 Å². The van der Waals surface area contributed by atoms with E-state index in [2.05, 4.69) is 24.8 Å². The molecule has 0 aromatic carbocycles. The van der Waals surface area contributed by atoms with Crippen molar-refractivity contribution in [2.45, 2.75) is 5.25 Å². The molecule has 0 radical (unpaired) electrons. The Bertz CT molecular complexity index is 188. The van der Waals surface area contributed by atoms with Crippen LogP contribution < -0.4 is 0 Å². The molecule has 7 heteroatoms. The second-order valence-electron chi connectivity index (χ2n) is 1.44. The lowest BCUT2D eigenvalue weighted by Gasteiger charge is -2.03. The zero-order valence-corrected chi connectivity index (χ0v) is 7.58. The van der Waals surface area contributed by atoms with E-state index < -0.39 is 17.2 Å². The van der Waals surface area contributed by atoms with Crippen molar-refractivity contribution < 1.29 is 19.8 Å². The summed E-state index contributed by atoms with van der Waals surface area (Å²) in [5, 5.41) is 15.0. The summed E-state index contributed by atoms with van der Waals surface area (Å²) in [4.78, 5) is 20.4. The fourth-order valence-corrected chi connectivity index (χ4v) is 1.32. The maximum absolute atomic E-state index is 10.2. The van der Waals surface area contributed by atoms with Crippen LogP contribution in [0.15, 0.2) is 0 Å². The van der Waals surface area contributed by atoms with Gasteiger partial charge >= 0.3 is 11.9 Å². The van der Waals surface area contributed by atoms with Crippen LogP contribution >= 0.6 is 36.6 Å². The van der Waals surface area contributed by atoms with Crippen LogP contribution in [-0.4, -0.2) is 30.9 Å². The maximum atomic E-state index is 10.2. The first-order chi connectivity index (χ1) is 4.95. The fraction of sp³-hybridized carbons (Fsp3) is 0.250. The quantitative estimate of drug-likeness (QED) is 0.359. The van der Waals surface area contributed by atoms with Crippen molar-refractivity contribution >= 4 is 52.1 Å². The van der Waals surface area contributed by atoms with E-state index in [1.165, 1.54) is 0 Å². The second-order valence-corrected chi connectivity index (χ2v) is 4.27. The van der Waals surface area contributed by atoms with Crippen LogP contribution in [0, 0.1) is 0 Å². The van der Waals surface area contributed by atoms with Crippen LogP contribution in [0.3, 0.4) is 0 Å². The van der Waals surface area contributed by atoms with Gasteiger partial charge in [-0.05, 0) is 0 Å². The summed E-state index contributed by atoms with van der Waals surface area (Å²) in [5.41, 5.74) is 0. The Labute approximate surface area is 77.4 Å². The van der Waals surface area contributed by atoms with E-state index in [9.17, 15) is 9.59 Å². The van der Waals surface area contributed by atoms with E-state index >= 15 is 0 Å². The van der Waals surface area contributed by atoms with Gasteiger partial charge in [-0.1, -0.05) is 24.0 Å². The zero-order valence-electron chi connectivity index (χ0n) is 5.05. The lowest BCUT2D eigenvalue weighted by atomic mass is 10.4. The van der Waals surface area contributed by atoms with Gasteiger partial charge in [0.1, 0.15) is 3.53 Å². The minimum Gasteiger partial charge on any atom is -0.480 e. The van der Waals surface area contributed by atoms with Crippen LogP contribution in [0.2, 0.25) is 0 Å². The number of thiocarbonyl (C=S) groups is 1. The molecular weight excluding hydrogens is 208 g/mol. The number of thiol groups is 1. The highest BCUT2D eigenvalue weighted by Gasteiger charge is 2.26. The van der Waals surface area contributed by atoms with Gasteiger partial charge in [0, 0.05) is 0 Å². The zero-order chi connectivity index (χ0) is 9.02. The third-order valence-corrected chi connectivity index (χ3v) is 2.11. The van der Waals surface area contributed by atoms with Crippen molar-refractivity contribution in [1.82, 2.24) is 0 Å². The lowest BCUT2D eigenvalue weighted by molar-refractivity contribution is -0.146. The number of carboxylic acid groups (broad SMARTS) is 2. The summed E-state index contributed by atoms with van der Waals surface area (Å²) in [6, 6.07) is 0. The number of carbonyl (C=O) groups is 2. The average molecular weight is 212 g/mol. The minimum absolute atomic E-state index is 0.000185. The van der Waals surface area contributed by atoms with E-state index in [1.807, 2.05) is 0 Å². The Morgan fingerprint density at radius 3 is 1.82 bits per heavy atom. The first-order valence-corrected chi connectivity index (χ1v) is 4.04. The van der Waals surface area contributed by atoms with Gasteiger partial charge in [-0.25, -0.2) is 0 Å². The van der Waals surface area contributed by atoms with Gasteiger partial charge in [0.15, 0.2) is 0 Å². The predicted octanol–water partition coefficient (Wildman–Crippen LogP) is 0.472. The number of thioether (sulfide) groups is 1. The molecule has 0 bridgehead atoms. The SMILES string of the molecule is O=C(O)C(SC(=S)S)C(=O)O. The van der Waals surface area contributed by atoms with Gasteiger partial charge in [0.2, 0.25) is 5.25 Å². The molecule has 4 nitrogen and oxygen atoms in total. The van der Waals surface area contributed by atoms with Gasteiger partial charge in [-0.3, -0.25) is 9.59 Å². The molecule has 0 atom stereocenters. The molecule has 0 aromatic rings. The Morgan fingerprint density at radius 2 is 1.73 bits per heavy atom.